The van der Waals surface area contributed by atoms with E-state index in [0.717, 1.165) is 19.5 Å². The average molecular weight is 286 g/mol. The van der Waals surface area contributed by atoms with Crippen LogP contribution in [0.25, 0.3) is 0 Å². The molecule has 1 rings (SSSR count). The summed E-state index contributed by atoms with van der Waals surface area (Å²) in [6, 6.07) is 0. The second-order valence-electron chi connectivity index (χ2n) is 4.18. The van der Waals surface area contributed by atoms with Gasteiger partial charge in [0.15, 0.2) is 0 Å². The summed E-state index contributed by atoms with van der Waals surface area (Å²) in [6.07, 6.45) is 8.53. The molecular weight excluding hydrogens is 265 g/mol. The molecule has 2 atom stereocenters. The van der Waals surface area contributed by atoms with E-state index < -0.39 is 6.10 Å². The van der Waals surface area contributed by atoms with Gasteiger partial charge in [0.2, 0.25) is 0 Å². The minimum atomic E-state index is -0.417. The van der Waals surface area contributed by atoms with E-state index >= 15 is 0 Å². The van der Waals surface area contributed by atoms with Crippen LogP contribution in [-0.4, -0.2) is 49.3 Å². The van der Waals surface area contributed by atoms with Gasteiger partial charge in [-0.1, -0.05) is 0 Å². The van der Waals surface area contributed by atoms with Crippen molar-refractivity contribution in [3.05, 3.63) is 24.8 Å². The van der Waals surface area contributed by atoms with Crippen LogP contribution in [0.3, 0.4) is 0 Å². The van der Waals surface area contributed by atoms with E-state index in [9.17, 15) is 5.11 Å². The Kier molecular flexibility index (Phi) is 6.04. The molecule has 1 aliphatic rings. The second-order valence-corrected chi connectivity index (χ2v) is 5.06. The summed E-state index contributed by atoms with van der Waals surface area (Å²) >= 11 is 3.14. The molecule has 0 aliphatic carbocycles. The number of likely N-dealkylation sites (tertiary alicyclic amines) is 1. The fraction of sp³-hybridized carbons (Fsp3) is 0.615. The summed E-state index contributed by atoms with van der Waals surface area (Å²) in [7, 11) is 0. The van der Waals surface area contributed by atoms with E-state index in [-0.39, 0.29) is 5.92 Å². The molecule has 2 nitrogen and oxygen atoms in total. The molecule has 1 N–H and O–H groups in total. The Morgan fingerprint density at radius 3 is 2.62 bits per heavy atom. The molecular formula is C13H21NOSe. The molecule has 1 aliphatic heterocycles. The number of rotatable bonds is 6. The number of hydrogen-bond acceptors (Lipinski definition) is 2. The standard InChI is InChI=1S/C13H21NOSe/c1-3-7-11(12(15)8-4-2)13(16)14-9-5-6-10-14/h3-4,8,11-12,15H,1,5-7,9-10H2,2H3/b8-4+/t11-,12-/m0/s1. The SMILES string of the molecule is C=CC[C@H](C(=[Se])N1CCCC1)[C@@H](O)/C=C/C. The van der Waals surface area contributed by atoms with Gasteiger partial charge in [-0.2, -0.15) is 0 Å². The normalized spacial score (nSPS) is 20.0. The third kappa shape index (κ3) is 3.58. The quantitative estimate of drug-likeness (QED) is 0.591. The average Bonchev–Trinajstić information content (AvgIpc) is 2.78. The third-order valence-electron chi connectivity index (χ3n) is 2.96. The van der Waals surface area contributed by atoms with Crippen molar-refractivity contribution in [1.82, 2.24) is 4.90 Å². The number of hydrogen-bond donors (Lipinski definition) is 1. The van der Waals surface area contributed by atoms with Crippen molar-refractivity contribution >= 4 is 20.1 Å². The van der Waals surface area contributed by atoms with Crippen LogP contribution in [0.2, 0.25) is 0 Å². The van der Waals surface area contributed by atoms with Crippen LogP contribution < -0.4 is 0 Å². The zero-order chi connectivity index (χ0) is 12.0. The minimum absolute atomic E-state index is 0.131. The van der Waals surface area contributed by atoms with E-state index in [4.69, 9.17) is 0 Å². The van der Waals surface area contributed by atoms with Gasteiger partial charge in [0.05, 0.1) is 0 Å². The Labute approximate surface area is 106 Å². The molecule has 0 aromatic heterocycles. The first-order valence-electron chi connectivity index (χ1n) is 5.91. The van der Waals surface area contributed by atoms with E-state index in [1.807, 2.05) is 25.2 Å². The van der Waals surface area contributed by atoms with Gasteiger partial charge in [0, 0.05) is 0 Å². The molecule has 0 bridgehead atoms. The molecule has 0 amide bonds. The Morgan fingerprint density at radius 1 is 1.50 bits per heavy atom. The molecule has 0 radical (unpaired) electrons. The number of aliphatic hydroxyl groups is 1. The maximum absolute atomic E-state index is 10.1. The van der Waals surface area contributed by atoms with Gasteiger partial charge in [0.25, 0.3) is 0 Å². The van der Waals surface area contributed by atoms with Gasteiger partial charge in [-0.3, -0.25) is 0 Å². The van der Waals surface area contributed by atoms with Gasteiger partial charge in [-0.05, 0) is 0 Å². The van der Waals surface area contributed by atoms with Crippen molar-refractivity contribution in [2.45, 2.75) is 32.3 Å². The summed E-state index contributed by atoms with van der Waals surface area (Å²) in [5, 5.41) is 10.1. The molecule has 3 heteroatoms. The number of nitrogens with zero attached hydrogens (tertiary/aromatic N) is 1. The molecule has 0 aromatic carbocycles. The third-order valence-corrected chi connectivity index (χ3v) is 4.13. The van der Waals surface area contributed by atoms with Gasteiger partial charge < -0.3 is 0 Å². The van der Waals surface area contributed by atoms with Crippen LogP contribution >= 0.6 is 0 Å². The molecule has 0 unspecified atom stereocenters. The van der Waals surface area contributed by atoms with Gasteiger partial charge in [-0.25, -0.2) is 0 Å². The van der Waals surface area contributed by atoms with Crippen LogP contribution in [0.4, 0.5) is 0 Å². The van der Waals surface area contributed by atoms with Crippen LogP contribution in [0.15, 0.2) is 24.8 Å². The Hall–Kier alpha value is -0.371. The molecule has 0 spiro atoms. The Morgan fingerprint density at radius 2 is 2.12 bits per heavy atom. The molecule has 0 saturated carbocycles. The number of allylic oxidation sites excluding steroid dienone is 2. The van der Waals surface area contributed by atoms with Crippen LogP contribution in [0.5, 0.6) is 0 Å². The Balaban J connectivity index is 2.67. The summed E-state index contributed by atoms with van der Waals surface area (Å²) < 4.78 is 1.18. The molecule has 1 saturated heterocycles. The molecule has 90 valence electrons. The first kappa shape index (κ1) is 13.7. The van der Waals surface area contributed by atoms with Gasteiger partial charge in [0.1, 0.15) is 0 Å². The molecule has 1 heterocycles. The van der Waals surface area contributed by atoms with E-state index in [2.05, 4.69) is 27.1 Å². The van der Waals surface area contributed by atoms with Crippen LogP contribution in [0.1, 0.15) is 26.2 Å². The summed E-state index contributed by atoms with van der Waals surface area (Å²) in [6.45, 7) is 7.92. The zero-order valence-corrected chi connectivity index (χ0v) is 11.6. The van der Waals surface area contributed by atoms with Crippen molar-refractivity contribution in [2.24, 2.45) is 5.92 Å². The summed E-state index contributed by atoms with van der Waals surface area (Å²) in [4.78, 5) is 2.35. The van der Waals surface area contributed by atoms with Gasteiger partial charge in [-0.15, -0.1) is 0 Å². The molecule has 16 heavy (non-hydrogen) atoms. The van der Waals surface area contributed by atoms with Gasteiger partial charge >= 0.3 is 106 Å². The second kappa shape index (κ2) is 7.05. The predicted octanol–water partition coefficient (Wildman–Crippen LogP) is 1.51. The predicted molar refractivity (Wildman–Crippen MR) is 70.7 cm³/mol. The zero-order valence-electron chi connectivity index (χ0n) is 9.93. The van der Waals surface area contributed by atoms with E-state index in [1.54, 1.807) is 0 Å². The van der Waals surface area contributed by atoms with Crippen molar-refractivity contribution in [3.63, 3.8) is 0 Å². The van der Waals surface area contributed by atoms with Crippen LogP contribution in [0, 0.1) is 5.92 Å². The Bertz CT molecular complexity index is 269. The fourth-order valence-electron chi connectivity index (χ4n) is 2.07. The van der Waals surface area contributed by atoms with Crippen molar-refractivity contribution in [3.8, 4) is 0 Å². The topological polar surface area (TPSA) is 23.5 Å². The monoisotopic (exact) mass is 287 g/mol. The van der Waals surface area contributed by atoms with Crippen molar-refractivity contribution in [1.29, 1.82) is 0 Å². The van der Waals surface area contributed by atoms with E-state index in [0.29, 0.717) is 0 Å². The van der Waals surface area contributed by atoms with Crippen LogP contribution in [-0.2, 0) is 0 Å². The fourth-order valence-corrected chi connectivity index (χ4v) is 2.95. The number of aliphatic hydroxyl groups excluding tert-OH is 1. The van der Waals surface area contributed by atoms with Crippen molar-refractivity contribution < 1.29 is 5.11 Å². The van der Waals surface area contributed by atoms with E-state index in [1.165, 1.54) is 17.4 Å². The molecule has 1 fully saturated rings. The molecule has 0 aromatic rings. The summed E-state index contributed by atoms with van der Waals surface area (Å²) in [5.41, 5.74) is 0. The van der Waals surface area contributed by atoms with Crippen molar-refractivity contribution in [2.75, 3.05) is 13.1 Å². The first-order chi connectivity index (χ1) is 7.70. The maximum atomic E-state index is 10.1. The first-order valence-corrected chi connectivity index (χ1v) is 6.77. The summed E-state index contributed by atoms with van der Waals surface area (Å²) in [5.74, 6) is 0.131.